The maximum Gasteiger partial charge on any atom is 0.271 e. The Labute approximate surface area is 155 Å². The molecule has 2 amide bonds. The lowest BCUT2D eigenvalue weighted by atomic mass is 10.1. The minimum atomic E-state index is -0.337. The number of amides is 2. The van der Waals surface area contributed by atoms with E-state index < -0.39 is 0 Å². The summed E-state index contributed by atoms with van der Waals surface area (Å²) in [6.07, 6.45) is 0.892. The van der Waals surface area contributed by atoms with Crippen LogP contribution in [0.15, 0.2) is 24.3 Å². The molecule has 26 heavy (non-hydrogen) atoms. The molecule has 138 valence electrons. The fourth-order valence-electron chi connectivity index (χ4n) is 3.13. The van der Waals surface area contributed by atoms with Crippen LogP contribution in [-0.2, 0) is 18.3 Å². The van der Waals surface area contributed by atoms with Gasteiger partial charge >= 0.3 is 0 Å². The lowest BCUT2D eigenvalue weighted by molar-refractivity contribution is -0.127. The van der Waals surface area contributed by atoms with Crippen LogP contribution in [-0.4, -0.2) is 45.6 Å². The van der Waals surface area contributed by atoms with Crippen molar-refractivity contribution >= 4 is 23.4 Å². The Bertz CT molecular complexity index is 834. The first-order valence-corrected chi connectivity index (χ1v) is 8.75. The van der Waals surface area contributed by atoms with Crippen LogP contribution in [0, 0.1) is 12.7 Å². The van der Waals surface area contributed by atoms with Crippen LogP contribution in [0.3, 0.4) is 0 Å². The summed E-state index contributed by atoms with van der Waals surface area (Å²) in [5.74, 6) is -0.626. The van der Waals surface area contributed by atoms with Crippen LogP contribution in [0.25, 0.3) is 0 Å². The standard InChI is InChI=1S/C18H20ClFN4O2/c1-11-16(19)17(23(2)22-11)18(26)21-14-9-15(25)24(10-14)8-7-12-3-5-13(20)6-4-12/h3-6,14H,7-10H2,1-2H3,(H,21,26)/t14-/m1/s1. The highest BCUT2D eigenvalue weighted by Gasteiger charge is 2.31. The van der Waals surface area contributed by atoms with Crippen LogP contribution < -0.4 is 5.32 Å². The van der Waals surface area contributed by atoms with E-state index in [-0.39, 0.29) is 30.1 Å². The molecule has 0 bridgehead atoms. The van der Waals surface area contributed by atoms with E-state index in [0.29, 0.717) is 35.9 Å². The van der Waals surface area contributed by atoms with Gasteiger partial charge < -0.3 is 10.2 Å². The van der Waals surface area contributed by atoms with Crippen LogP contribution in [0.5, 0.6) is 0 Å². The van der Waals surface area contributed by atoms with Gasteiger partial charge in [0.25, 0.3) is 5.91 Å². The summed E-state index contributed by atoms with van der Waals surface area (Å²) in [5.41, 5.74) is 1.84. The number of aryl methyl sites for hydroxylation is 2. The minimum absolute atomic E-state index is 0.00954. The molecule has 0 aliphatic carbocycles. The van der Waals surface area contributed by atoms with E-state index in [1.165, 1.54) is 16.8 Å². The van der Waals surface area contributed by atoms with Crippen molar-refractivity contribution in [2.24, 2.45) is 7.05 Å². The third kappa shape index (κ3) is 3.88. The second-order valence-corrected chi connectivity index (χ2v) is 6.84. The minimum Gasteiger partial charge on any atom is -0.346 e. The van der Waals surface area contributed by atoms with Crippen molar-refractivity contribution in [1.82, 2.24) is 20.0 Å². The highest BCUT2D eigenvalue weighted by molar-refractivity contribution is 6.34. The van der Waals surface area contributed by atoms with Crippen molar-refractivity contribution in [2.75, 3.05) is 13.1 Å². The molecule has 1 atom stereocenters. The van der Waals surface area contributed by atoms with Crippen molar-refractivity contribution in [3.8, 4) is 0 Å². The molecule has 2 heterocycles. The molecule has 8 heteroatoms. The molecule has 1 saturated heterocycles. The first-order valence-electron chi connectivity index (χ1n) is 8.37. The Morgan fingerprint density at radius 3 is 2.69 bits per heavy atom. The van der Waals surface area contributed by atoms with Gasteiger partial charge in [-0.25, -0.2) is 4.39 Å². The number of hydrogen-bond acceptors (Lipinski definition) is 3. The maximum absolute atomic E-state index is 12.9. The lowest BCUT2D eigenvalue weighted by Gasteiger charge is -2.17. The molecular weight excluding hydrogens is 359 g/mol. The molecule has 1 N–H and O–H groups in total. The first kappa shape index (κ1) is 18.4. The van der Waals surface area contributed by atoms with Crippen molar-refractivity contribution in [3.63, 3.8) is 0 Å². The summed E-state index contributed by atoms with van der Waals surface area (Å²) in [5, 5.41) is 7.31. The summed E-state index contributed by atoms with van der Waals surface area (Å²) in [6.45, 7) is 2.71. The van der Waals surface area contributed by atoms with Crippen LogP contribution in [0.4, 0.5) is 4.39 Å². The van der Waals surface area contributed by atoms with Gasteiger partial charge in [-0.2, -0.15) is 5.10 Å². The zero-order valence-corrected chi connectivity index (χ0v) is 15.4. The predicted molar refractivity (Wildman–Crippen MR) is 95.5 cm³/mol. The average Bonchev–Trinajstić information content (AvgIpc) is 3.05. The second kappa shape index (κ2) is 7.45. The molecule has 1 aromatic heterocycles. The van der Waals surface area contributed by atoms with E-state index in [9.17, 15) is 14.0 Å². The topological polar surface area (TPSA) is 67.2 Å². The predicted octanol–water partition coefficient (Wildman–Crippen LogP) is 2.09. The van der Waals surface area contributed by atoms with E-state index in [4.69, 9.17) is 11.6 Å². The Balaban J connectivity index is 1.57. The number of nitrogens with zero attached hydrogens (tertiary/aromatic N) is 3. The zero-order chi connectivity index (χ0) is 18.8. The number of carbonyl (C=O) groups is 2. The number of halogens is 2. The van der Waals surface area contributed by atoms with E-state index in [0.717, 1.165) is 5.56 Å². The fourth-order valence-corrected chi connectivity index (χ4v) is 3.38. The molecule has 3 rings (SSSR count). The van der Waals surface area contributed by atoms with Gasteiger partial charge in [-0.3, -0.25) is 14.3 Å². The van der Waals surface area contributed by atoms with Crippen LogP contribution in [0.1, 0.15) is 28.2 Å². The van der Waals surface area contributed by atoms with Crippen LogP contribution in [0.2, 0.25) is 5.02 Å². The van der Waals surface area contributed by atoms with E-state index in [2.05, 4.69) is 10.4 Å². The second-order valence-electron chi connectivity index (χ2n) is 6.46. The monoisotopic (exact) mass is 378 g/mol. The number of carbonyl (C=O) groups excluding carboxylic acids is 2. The van der Waals surface area contributed by atoms with Gasteiger partial charge in [-0.05, 0) is 31.0 Å². The van der Waals surface area contributed by atoms with Gasteiger partial charge in [-0.1, -0.05) is 23.7 Å². The van der Waals surface area contributed by atoms with E-state index in [1.54, 1.807) is 31.0 Å². The number of hydrogen-bond donors (Lipinski definition) is 1. The van der Waals surface area contributed by atoms with Gasteiger partial charge in [-0.15, -0.1) is 0 Å². The molecule has 0 saturated carbocycles. The maximum atomic E-state index is 12.9. The molecule has 1 aromatic carbocycles. The molecule has 0 radical (unpaired) electrons. The zero-order valence-electron chi connectivity index (χ0n) is 14.6. The Kier molecular flexibility index (Phi) is 5.27. The summed E-state index contributed by atoms with van der Waals surface area (Å²) >= 11 is 6.13. The SMILES string of the molecule is Cc1nn(C)c(C(=O)N[C@@H]2CC(=O)N(CCc3ccc(F)cc3)C2)c1Cl. The summed E-state index contributed by atoms with van der Waals surface area (Å²) in [7, 11) is 1.66. The molecule has 2 aromatic rings. The van der Waals surface area contributed by atoms with Crippen molar-refractivity contribution in [1.29, 1.82) is 0 Å². The highest BCUT2D eigenvalue weighted by atomic mass is 35.5. The number of likely N-dealkylation sites (tertiary alicyclic amines) is 1. The molecule has 6 nitrogen and oxygen atoms in total. The van der Waals surface area contributed by atoms with Gasteiger partial charge in [0.1, 0.15) is 11.5 Å². The van der Waals surface area contributed by atoms with Crippen molar-refractivity contribution < 1.29 is 14.0 Å². The largest absolute Gasteiger partial charge is 0.346 e. The molecule has 1 aliphatic heterocycles. The molecule has 0 spiro atoms. The van der Waals surface area contributed by atoms with Gasteiger partial charge in [0.05, 0.1) is 16.8 Å². The number of rotatable bonds is 5. The quantitative estimate of drug-likeness (QED) is 0.866. The molecule has 1 aliphatic rings. The van der Waals surface area contributed by atoms with E-state index in [1.807, 2.05) is 0 Å². The normalized spacial score (nSPS) is 17.0. The Morgan fingerprint density at radius 1 is 1.38 bits per heavy atom. The third-order valence-corrected chi connectivity index (χ3v) is 4.95. The average molecular weight is 379 g/mol. The molecular formula is C18H20ClFN4O2. The van der Waals surface area contributed by atoms with E-state index >= 15 is 0 Å². The summed E-state index contributed by atoms with van der Waals surface area (Å²) in [4.78, 5) is 26.4. The van der Waals surface area contributed by atoms with Crippen molar-refractivity contribution in [3.05, 3.63) is 52.1 Å². The van der Waals surface area contributed by atoms with Gasteiger partial charge in [0, 0.05) is 26.6 Å². The van der Waals surface area contributed by atoms with Gasteiger partial charge in [0.15, 0.2) is 0 Å². The van der Waals surface area contributed by atoms with Crippen LogP contribution >= 0.6 is 11.6 Å². The summed E-state index contributed by atoms with van der Waals surface area (Å²) < 4.78 is 14.4. The number of benzene rings is 1. The smallest absolute Gasteiger partial charge is 0.271 e. The highest BCUT2D eigenvalue weighted by Crippen LogP contribution is 2.20. The first-order chi connectivity index (χ1) is 12.3. The summed E-state index contributed by atoms with van der Waals surface area (Å²) in [6, 6.07) is 5.96. The fraction of sp³-hybridized carbons (Fsp3) is 0.389. The molecule has 0 unspecified atom stereocenters. The Morgan fingerprint density at radius 2 is 2.08 bits per heavy atom. The van der Waals surface area contributed by atoms with Crippen molar-refractivity contribution in [2.45, 2.75) is 25.8 Å². The van der Waals surface area contributed by atoms with Gasteiger partial charge in [0.2, 0.25) is 5.91 Å². The Hall–Kier alpha value is -2.41. The molecule has 1 fully saturated rings. The third-order valence-electron chi connectivity index (χ3n) is 4.50. The number of nitrogens with one attached hydrogen (secondary N) is 1. The number of aromatic nitrogens is 2. The lowest BCUT2D eigenvalue weighted by Crippen LogP contribution is -2.38.